The number of para-hydroxylation sites is 1. The summed E-state index contributed by atoms with van der Waals surface area (Å²) in [6, 6.07) is 16.0. The van der Waals surface area contributed by atoms with Gasteiger partial charge in [0.1, 0.15) is 10.8 Å². The van der Waals surface area contributed by atoms with E-state index in [2.05, 4.69) is 41.5 Å². The zero-order chi connectivity index (χ0) is 18.1. The van der Waals surface area contributed by atoms with Crippen molar-refractivity contribution in [2.24, 2.45) is 0 Å². The normalized spacial score (nSPS) is 15.6. The van der Waals surface area contributed by atoms with Gasteiger partial charge in [0, 0.05) is 12.0 Å². The summed E-state index contributed by atoms with van der Waals surface area (Å²) in [6.07, 6.45) is 0.0507. The molecule has 1 unspecified atom stereocenters. The number of amides is 1. The van der Waals surface area contributed by atoms with Crippen LogP contribution in [0.25, 0.3) is 10.6 Å². The van der Waals surface area contributed by atoms with Crippen molar-refractivity contribution >= 4 is 22.4 Å². The summed E-state index contributed by atoms with van der Waals surface area (Å²) in [7, 11) is 0. The van der Waals surface area contributed by atoms with Gasteiger partial charge in [-0.1, -0.05) is 67.6 Å². The fourth-order valence-electron chi connectivity index (χ4n) is 2.92. The number of aromatic nitrogens is 2. The van der Waals surface area contributed by atoms with Crippen molar-refractivity contribution in [3.8, 4) is 16.3 Å². The van der Waals surface area contributed by atoms with E-state index in [1.165, 1.54) is 16.9 Å². The summed E-state index contributed by atoms with van der Waals surface area (Å²) >= 11 is 1.36. The number of anilines is 1. The number of nitrogens with zero attached hydrogens (tertiary/aromatic N) is 2. The molecule has 0 spiro atoms. The molecule has 0 saturated heterocycles. The molecule has 0 fully saturated rings. The van der Waals surface area contributed by atoms with Gasteiger partial charge in [-0.15, -0.1) is 10.2 Å². The molecule has 1 amide bonds. The number of benzene rings is 2. The molecule has 0 aliphatic carbocycles. The van der Waals surface area contributed by atoms with Gasteiger partial charge in [-0.25, -0.2) is 0 Å². The van der Waals surface area contributed by atoms with Gasteiger partial charge in [0.25, 0.3) is 5.91 Å². The smallest absolute Gasteiger partial charge is 0.267 e. The van der Waals surface area contributed by atoms with Crippen LogP contribution in [0.15, 0.2) is 48.5 Å². The van der Waals surface area contributed by atoms with Crippen LogP contribution in [-0.4, -0.2) is 22.2 Å². The largest absolute Gasteiger partial charge is 0.480 e. The first-order chi connectivity index (χ1) is 12.6. The van der Waals surface area contributed by atoms with E-state index in [-0.39, 0.29) is 5.91 Å². The Bertz CT molecular complexity index is 909. The Kier molecular flexibility index (Phi) is 4.42. The van der Waals surface area contributed by atoms with E-state index in [0.29, 0.717) is 17.5 Å². The van der Waals surface area contributed by atoms with Crippen LogP contribution in [0, 0.1) is 0 Å². The third kappa shape index (κ3) is 3.32. The molecule has 1 N–H and O–H groups in total. The molecule has 3 aromatic rings. The van der Waals surface area contributed by atoms with Crippen molar-refractivity contribution in [3.05, 3.63) is 59.7 Å². The van der Waals surface area contributed by atoms with Crippen LogP contribution < -0.4 is 10.1 Å². The van der Waals surface area contributed by atoms with E-state index < -0.39 is 6.10 Å². The number of carbonyl (C=O) groups is 1. The van der Waals surface area contributed by atoms with Crippen LogP contribution in [0.2, 0.25) is 0 Å². The summed E-state index contributed by atoms with van der Waals surface area (Å²) in [5.41, 5.74) is 3.33. The van der Waals surface area contributed by atoms with Gasteiger partial charge in [0.15, 0.2) is 6.10 Å². The molecule has 2 aromatic carbocycles. The molecule has 0 saturated carbocycles. The molecule has 0 bridgehead atoms. The molecule has 5 nitrogen and oxygen atoms in total. The average Bonchev–Trinajstić information content (AvgIpc) is 3.28. The van der Waals surface area contributed by atoms with E-state index in [1.54, 1.807) is 0 Å². The molecule has 1 aliphatic heterocycles. The second-order valence-electron chi connectivity index (χ2n) is 6.60. The van der Waals surface area contributed by atoms with Crippen LogP contribution >= 0.6 is 11.3 Å². The maximum atomic E-state index is 12.5. The average molecular weight is 365 g/mol. The molecule has 1 aliphatic rings. The molecular formula is C20H19N3O2S. The lowest BCUT2D eigenvalue weighted by atomic mass is 10.0. The predicted octanol–water partition coefficient (Wildman–Crippen LogP) is 4.27. The van der Waals surface area contributed by atoms with Crippen LogP contribution in [0.5, 0.6) is 5.75 Å². The zero-order valence-electron chi connectivity index (χ0n) is 14.6. The zero-order valence-corrected chi connectivity index (χ0v) is 15.4. The van der Waals surface area contributed by atoms with Crippen molar-refractivity contribution in [1.29, 1.82) is 0 Å². The minimum Gasteiger partial charge on any atom is -0.480 e. The number of nitrogens with one attached hydrogen (secondary N) is 1. The molecule has 26 heavy (non-hydrogen) atoms. The van der Waals surface area contributed by atoms with E-state index in [4.69, 9.17) is 4.74 Å². The van der Waals surface area contributed by atoms with Gasteiger partial charge >= 0.3 is 0 Å². The Morgan fingerprint density at radius 1 is 1.15 bits per heavy atom. The van der Waals surface area contributed by atoms with Crippen LogP contribution in [0.1, 0.15) is 30.9 Å². The molecule has 6 heteroatoms. The lowest BCUT2D eigenvalue weighted by Crippen LogP contribution is -2.31. The Morgan fingerprint density at radius 3 is 2.65 bits per heavy atom. The van der Waals surface area contributed by atoms with E-state index >= 15 is 0 Å². The molecule has 4 rings (SSSR count). The fourth-order valence-corrected chi connectivity index (χ4v) is 3.67. The third-order valence-electron chi connectivity index (χ3n) is 4.42. The van der Waals surface area contributed by atoms with Crippen LogP contribution in [0.4, 0.5) is 5.13 Å². The highest BCUT2D eigenvalue weighted by Gasteiger charge is 2.29. The Balaban J connectivity index is 1.43. The standard InChI is InChI=1S/C20H19N3O2S/c1-12(2)13-7-9-14(10-8-13)19-22-23-20(26-19)21-18(24)17-11-15-5-3-4-6-16(15)25-17/h3-10,12,17H,11H2,1-2H3,(H,21,23,24). The first kappa shape index (κ1) is 16.7. The van der Waals surface area contributed by atoms with Gasteiger partial charge < -0.3 is 4.74 Å². The maximum absolute atomic E-state index is 12.5. The number of fused-ring (bicyclic) bond motifs is 1. The van der Waals surface area contributed by atoms with Crippen LogP contribution in [0.3, 0.4) is 0 Å². The molecule has 0 radical (unpaired) electrons. The lowest BCUT2D eigenvalue weighted by Gasteiger charge is -2.08. The summed E-state index contributed by atoms with van der Waals surface area (Å²) in [6.45, 7) is 4.33. The van der Waals surface area contributed by atoms with Gasteiger partial charge in [0.2, 0.25) is 5.13 Å². The number of ether oxygens (including phenoxy) is 1. The summed E-state index contributed by atoms with van der Waals surface area (Å²) in [5.74, 6) is 1.07. The van der Waals surface area contributed by atoms with Gasteiger partial charge in [-0.05, 0) is 23.1 Å². The summed E-state index contributed by atoms with van der Waals surface area (Å²) in [5, 5.41) is 12.4. The van der Waals surface area contributed by atoms with Crippen molar-refractivity contribution < 1.29 is 9.53 Å². The molecule has 132 valence electrons. The predicted molar refractivity (Wildman–Crippen MR) is 103 cm³/mol. The van der Waals surface area contributed by atoms with E-state index in [9.17, 15) is 4.79 Å². The first-order valence-corrected chi connectivity index (χ1v) is 9.41. The van der Waals surface area contributed by atoms with Gasteiger partial charge in [0.05, 0.1) is 0 Å². The first-order valence-electron chi connectivity index (χ1n) is 8.59. The summed E-state index contributed by atoms with van der Waals surface area (Å²) in [4.78, 5) is 12.5. The highest BCUT2D eigenvalue weighted by molar-refractivity contribution is 7.18. The molecule has 1 atom stereocenters. The fraction of sp³-hybridized carbons (Fsp3) is 0.250. The number of carbonyl (C=O) groups excluding carboxylic acids is 1. The van der Waals surface area contributed by atoms with Crippen molar-refractivity contribution in [3.63, 3.8) is 0 Å². The lowest BCUT2D eigenvalue weighted by molar-refractivity contribution is -0.122. The SMILES string of the molecule is CC(C)c1ccc(-c2nnc(NC(=O)C3Cc4ccccc4O3)s2)cc1. The quantitative estimate of drug-likeness (QED) is 0.750. The highest BCUT2D eigenvalue weighted by Crippen LogP contribution is 2.30. The second-order valence-corrected chi connectivity index (χ2v) is 7.57. The molecule has 2 heterocycles. The summed E-state index contributed by atoms with van der Waals surface area (Å²) < 4.78 is 5.71. The minimum atomic E-state index is -0.523. The van der Waals surface area contributed by atoms with Crippen molar-refractivity contribution in [2.75, 3.05) is 5.32 Å². The highest BCUT2D eigenvalue weighted by atomic mass is 32.1. The molecule has 1 aromatic heterocycles. The molecular weight excluding hydrogens is 346 g/mol. The van der Waals surface area contributed by atoms with E-state index in [0.717, 1.165) is 21.9 Å². The second kappa shape index (κ2) is 6.88. The Morgan fingerprint density at radius 2 is 1.92 bits per heavy atom. The van der Waals surface area contributed by atoms with Gasteiger partial charge in [-0.2, -0.15) is 0 Å². The number of hydrogen-bond acceptors (Lipinski definition) is 5. The van der Waals surface area contributed by atoms with Crippen molar-refractivity contribution in [1.82, 2.24) is 10.2 Å². The Labute approximate surface area is 156 Å². The monoisotopic (exact) mass is 365 g/mol. The topological polar surface area (TPSA) is 64.1 Å². The number of hydrogen-bond donors (Lipinski definition) is 1. The van der Waals surface area contributed by atoms with E-state index in [1.807, 2.05) is 36.4 Å². The van der Waals surface area contributed by atoms with Crippen molar-refractivity contribution in [2.45, 2.75) is 32.3 Å². The van der Waals surface area contributed by atoms with Gasteiger partial charge in [-0.3, -0.25) is 10.1 Å². The number of rotatable bonds is 4. The van der Waals surface area contributed by atoms with Crippen LogP contribution in [-0.2, 0) is 11.2 Å². The third-order valence-corrected chi connectivity index (χ3v) is 5.31. The maximum Gasteiger partial charge on any atom is 0.267 e. The Hall–Kier alpha value is -2.73. The minimum absolute atomic E-state index is 0.195.